The van der Waals surface area contributed by atoms with Gasteiger partial charge in [0.25, 0.3) is 0 Å². The van der Waals surface area contributed by atoms with Crippen LogP contribution in [0.5, 0.6) is 5.75 Å². The topological polar surface area (TPSA) is 38.8 Å². The maximum atomic E-state index is 12.4. The standard InChI is InChI=1S/C18H25NO3S/c1-21-15-3-2-4-16(13-15)23-14-17(20)19-9-5-18(6-10-19)7-11-22-12-8-18/h2-4,13H,5-12,14H2,1H3. The summed E-state index contributed by atoms with van der Waals surface area (Å²) in [5.41, 5.74) is 0.439. The number of carbonyl (C=O) groups excluding carboxylic acids is 1. The Bertz CT molecular complexity index is 533. The van der Waals surface area contributed by atoms with Crippen molar-refractivity contribution in [3.05, 3.63) is 24.3 Å². The van der Waals surface area contributed by atoms with Gasteiger partial charge in [-0.1, -0.05) is 6.07 Å². The van der Waals surface area contributed by atoms with Gasteiger partial charge < -0.3 is 14.4 Å². The zero-order valence-corrected chi connectivity index (χ0v) is 14.6. The highest BCUT2D eigenvalue weighted by Crippen LogP contribution is 2.40. The van der Waals surface area contributed by atoms with Crippen LogP contribution >= 0.6 is 11.8 Å². The predicted octanol–water partition coefficient (Wildman–Crippen LogP) is 3.21. The molecule has 0 N–H and O–H groups in total. The van der Waals surface area contributed by atoms with Gasteiger partial charge in [-0.25, -0.2) is 0 Å². The van der Waals surface area contributed by atoms with Gasteiger partial charge in [0.05, 0.1) is 12.9 Å². The van der Waals surface area contributed by atoms with Crippen LogP contribution < -0.4 is 4.74 Å². The maximum Gasteiger partial charge on any atom is 0.232 e. The second-order valence-corrected chi connectivity index (χ2v) is 7.51. The minimum absolute atomic E-state index is 0.250. The van der Waals surface area contributed by atoms with E-state index < -0.39 is 0 Å². The van der Waals surface area contributed by atoms with Crippen LogP contribution in [0.15, 0.2) is 29.2 Å². The number of benzene rings is 1. The third kappa shape index (κ3) is 4.21. The molecule has 2 aliphatic rings. The van der Waals surface area contributed by atoms with E-state index in [0.717, 1.165) is 62.6 Å². The molecular weight excluding hydrogens is 310 g/mol. The van der Waals surface area contributed by atoms with Crippen molar-refractivity contribution in [1.29, 1.82) is 0 Å². The van der Waals surface area contributed by atoms with Gasteiger partial charge in [-0.2, -0.15) is 0 Å². The van der Waals surface area contributed by atoms with Gasteiger partial charge in [0.2, 0.25) is 5.91 Å². The molecule has 2 fully saturated rings. The number of amides is 1. The molecule has 1 aromatic carbocycles. The number of ether oxygens (including phenoxy) is 2. The fourth-order valence-corrected chi connectivity index (χ4v) is 4.31. The molecule has 23 heavy (non-hydrogen) atoms. The molecule has 0 aliphatic carbocycles. The van der Waals surface area contributed by atoms with E-state index in [1.165, 1.54) is 0 Å². The third-order valence-corrected chi connectivity index (χ3v) is 6.11. The molecule has 0 aromatic heterocycles. The molecular formula is C18H25NO3S. The molecule has 2 saturated heterocycles. The molecule has 4 nitrogen and oxygen atoms in total. The van der Waals surface area contributed by atoms with Crippen molar-refractivity contribution in [2.24, 2.45) is 5.41 Å². The number of rotatable bonds is 4. The van der Waals surface area contributed by atoms with Crippen molar-refractivity contribution in [3.63, 3.8) is 0 Å². The van der Waals surface area contributed by atoms with Crippen molar-refractivity contribution in [2.75, 3.05) is 39.2 Å². The van der Waals surface area contributed by atoms with Crippen LogP contribution in [0.3, 0.4) is 0 Å². The molecule has 0 bridgehead atoms. The average Bonchev–Trinajstić information content (AvgIpc) is 2.61. The second-order valence-electron chi connectivity index (χ2n) is 6.46. The van der Waals surface area contributed by atoms with Crippen LogP contribution in [0.4, 0.5) is 0 Å². The highest BCUT2D eigenvalue weighted by molar-refractivity contribution is 8.00. The Balaban J connectivity index is 1.47. The van der Waals surface area contributed by atoms with E-state index in [9.17, 15) is 4.79 Å². The van der Waals surface area contributed by atoms with Gasteiger partial charge >= 0.3 is 0 Å². The number of nitrogens with zero attached hydrogens (tertiary/aromatic N) is 1. The zero-order valence-electron chi connectivity index (χ0n) is 13.8. The summed E-state index contributed by atoms with van der Waals surface area (Å²) in [5.74, 6) is 1.59. The van der Waals surface area contributed by atoms with Gasteiger partial charge in [0.1, 0.15) is 5.75 Å². The highest BCUT2D eigenvalue weighted by Gasteiger charge is 2.36. The monoisotopic (exact) mass is 335 g/mol. The summed E-state index contributed by atoms with van der Waals surface area (Å²) in [4.78, 5) is 15.6. The third-order valence-electron chi connectivity index (χ3n) is 5.13. The van der Waals surface area contributed by atoms with Crippen molar-refractivity contribution in [2.45, 2.75) is 30.6 Å². The van der Waals surface area contributed by atoms with Crippen LogP contribution in [0.25, 0.3) is 0 Å². The van der Waals surface area contributed by atoms with E-state index in [2.05, 4.69) is 0 Å². The van der Waals surface area contributed by atoms with Gasteiger partial charge in [-0.05, 0) is 49.3 Å². The predicted molar refractivity (Wildman–Crippen MR) is 92.0 cm³/mol. The second kappa shape index (κ2) is 7.58. The van der Waals surface area contributed by atoms with Crippen molar-refractivity contribution < 1.29 is 14.3 Å². The molecule has 2 heterocycles. The Morgan fingerprint density at radius 2 is 2.00 bits per heavy atom. The van der Waals surface area contributed by atoms with E-state index in [1.807, 2.05) is 29.2 Å². The Labute approximate surface area is 142 Å². The average molecular weight is 335 g/mol. The maximum absolute atomic E-state index is 12.4. The lowest BCUT2D eigenvalue weighted by molar-refractivity contribution is -0.131. The molecule has 3 rings (SSSR count). The van der Waals surface area contributed by atoms with Gasteiger partial charge in [-0.3, -0.25) is 4.79 Å². The molecule has 1 amide bonds. The molecule has 126 valence electrons. The minimum atomic E-state index is 0.250. The number of methoxy groups -OCH3 is 1. The number of piperidine rings is 1. The van der Waals surface area contributed by atoms with Crippen LogP contribution in [0, 0.1) is 5.41 Å². The molecule has 0 saturated carbocycles. The van der Waals surface area contributed by atoms with Crippen molar-refractivity contribution in [1.82, 2.24) is 4.90 Å². The van der Waals surface area contributed by atoms with Crippen LogP contribution in [-0.4, -0.2) is 50.0 Å². The van der Waals surface area contributed by atoms with Gasteiger partial charge in [0, 0.05) is 31.2 Å². The summed E-state index contributed by atoms with van der Waals surface area (Å²) in [7, 11) is 1.66. The Morgan fingerprint density at radius 1 is 1.26 bits per heavy atom. The molecule has 0 atom stereocenters. The van der Waals surface area contributed by atoms with E-state index in [-0.39, 0.29) is 5.91 Å². The summed E-state index contributed by atoms with van der Waals surface area (Å²) in [5, 5.41) is 0. The first-order valence-electron chi connectivity index (χ1n) is 8.33. The molecule has 2 aliphatic heterocycles. The Morgan fingerprint density at radius 3 is 2.70 bits per heavy atom. The molecule has 1 aromatic rings. The van der Waals surface area contributed by atoms with Crippen LogP contribution in [0.2, 0.25) is 0 Å². The molecule has 1 spiro atoms. The fourth-order valence-electron chi connectivity index (χ4n) is 3.46. The van der Waals surface area contributed by atoms with Gasteiger partial charge in [0.15, 0.2) is 0 Å². The highest BCUT2D eigenvalue weighted by atomic mass is 32.2. The van der Waals surface area contributed by atoms with Crippen molar-refractivity contribution >= 4 is 17.7 Å². The molecule has 5 heteroatoms. The number of thioether (sulfide) groups is 1. The molecule has 0 radical (unpaired) electrons. The summed E-state index contributed by atoms with van der Waals surface area (Å²) in [6.07, 6.45) is 4.58. The Kier molecular flexibility index (Phi) is 5.49. The smallest absolute Gasteiger partial charge is 0.232 e. The summed E-state index contributed by atoms with van der Waals surface area (Å²) in [6.45, 7) is 3.58. The van der Waals surface area contributed by atoms with Crippen molar-refractivity contribution in [3.8, 4) is 5.75 Å². The number of likely N-dealkylation sites (tertiary alicyclic amines) is 1. The SMILES string of the molecule is COc1cccc(SCC(=O)N2CCC3(CCOCC3)CC2)c1. The fraction of sp³-hybridized carbons (Fsp3) is 0.611. The largest absolute Gasteiger partial charge is 0.497 e. The lowest BCUT2D eigenvalue weighted by Crippen LogP contribution is -2.45. The van der Waals surface area contributed by atoms with E-state index in [4.69, 9.17) is 9.47 Å². The van der Waals surface area contributed by atoms with E-state index in [0.29, 0.717) is 11.2 Å². The first kappa shape index (κ1) is 16.7. The molecule has 0 unspecified atom stereocenters. The van der Waals surface area contributed by atoms with Gasteiger partial charge in [-0.15, -0.1) is 11.8 Å². The number of hydrogen-bond donors (Lipinski definition) is 0. The number of carbonyl (C=O) groups is 1. The lowest BCUT2D eigenvalue weighted by Gasteiger charge is -2.44. The number of hydrogen-bond acceptors (Lipinski definition) is 4. The van der Waals surface area contributed by atoms with Crippen LogP contribution in [-0.2, 0) is 9.53 Å². The summed E-state index contributed by atoms with van der Waals surface area (Å²) >= 11 is 1.59. The zero-order chi connectivity index (χ0) is 16.1. The first-order valence-corrected chi connectivity index (χ1v) is 9.32. The Hall–Kier alpha value is -1.20. The summed E-state index contributed by atoms with van der Waals surface area (Å²) in [6, 6.07) is 7.88. The quantitative estimate of drug-likeness (QED) is 0.792. The summed E-state index contributed by atoms with van der Waals surface area (Å²) < 4.78 is 10.7. The van der Waals surface area contributed by atoms with E-state index >= 15 is 0 Å². The normalized spacial score (nSPS) is 20.5. The van der Waals surface area contributed by atoms with E-state index in [1.54, 1.807) is 18.9 Å². The lowest BCUT2D eigenvalue weighted by atomic mass is 9.72. The minimum Gasteiger partial charge on any atom is -0.497 e. The van der Waals surface area contributed by atoms with Crippen LogP contribution in [0.1, 0.15) is 25.7 Å². The first-order chi connectivity index (χ1) is 11.2.